The molecule has 3 heterocycles. The molecule has 10 heteroatoms. The molecule has 0 radical (unpaired) electrons. The molecule has 3 amide bonds. The maximum Gasteiger partial charge on any atom is 0.324 e. The number of thiophene rings is 1. The highest BCUT2D eigenvalue weighted by Gasteiger charge is 2.26. The van der Waals surface area contributed by atoms with Gasteiger partial charge in [-0.05, 0) is 24.1 Å². The van der Waals surface area contributed by atoms with Gasteiger partial charge < -0.3 is 5.32 Å². The molecule has 1 saturated heterocycles. The van der Waals surface area contributed by atoms with Gasteiger partial charge in [-0.15, -0.1) is 11.3 Å². The SMILES string of the molecule is CCCCn1c(SCC(=O)N2CCNC2=O)nc2scc(-c3ccc(F)cc3)c2c1=O. The number of nitrogens with zero attached hydrogens (tertiary/aromatic N) is 3. The van der Waals surface area contributed by atoms with Crippen LogP contribution in [0, 0.1) is 5.82 Å². The van der Waals surface area contributed by atoms with Crippen LogP contribution in [-0.4, -0.2) is 45.2 Å². The van der Waals surface area contributed by atoms with Crippen LogP contribution in [0.2, 0.25) is 0 Å². The van der Waals surface area contributed by atoms with Gasteiger partial charge in [0.1, 0.15) is 10.6 Å². The second kappa shape index (κ2) is 9.19. The molecule has 1 aliphatic rings. The highest BCUT2D eigenvalue weighted by Crippen LogP contribution is 2.32. The minimum absolute atomic E-state index is 0.0215. The lowest BCUT2D eigenvalue weighted by molar-refractivity contribution is -0.124. The number of fused-ring (bicyclic) bond motifs is 1. The first-order valence-electron chi connectivity index (χ1n) is 9.98. The molecule has 0 saturated carbocycles. The van der Waals surface area contributed by atoms with Crippen LogP contribution in [0.1, 0.15) is 19.8 Å². The highest BCUT2D eigenvalue weighted by atomic mass is 32.2. The topological polar surface area (TPSA) is 84.3 Å². The predicted molar refractivity (Wildman–Crippen MR) is 120 cm³/mol. The lowest BCUT2D eigenvalue weighted by Crippen LogP contribution is -2.35. The van der Waals surface area contributed by atoms with Crippen molar-refractivity contribution in [3.05, 3.63) is 45.8 Å². The highest BCUT2D eigenvalue weighted by molar-refractivity contribution is 7.99. The van der Waals surface area contributed by atoms with Crippen molar-refractivity contribution < 1.29 is 14.0 Å². The number of imide groups is 1. The van der Waals surface area contributed by atoms with Gasteiger partial charge in [0.15, 0.2) is 5.16 Å². The first-order valence-corrected chi connectivity index (χ1v) is 11.8. The number of carbonyl (C=O) groups is 2. The van der Waals surface area contributed by atoms with E-state index in [4.69, 9.17) is 0 Å². The molecule has 2 aromatic heterocycles. The van der Waals surface area contributed by atoms with Gasteiger partial charge in [0, 0.05) is 30.6 Å². The molecule has 1 fully saturated rings. The molecule has 0 aliphatic carbocycles. The first-order chi connectivity index (χ1) is 15.0. The molecule has 162 valence electrons. The number of aromatic nitrogens is 2. The average molecular weight is 461 g/mol. The zero-order valence-electron chi connectivity index (χ0n) is 16.9. The lowest BCUT2D eigenvalue weighted by atomic mass is 10.1. The summed E-state index contributed by atoms with van der Waals surface area (Å²) in [6.07, 6.45) is 1.69. The molecule has 4 rings (SSSR count). The number of carbonyl (C=O) groups excluding carboxylic acids is 2. The van der Waals surface area contributed by atoms with Crippen molar-refractivity contribution in [2.24, 2.45) is 0 Å². The number of amides is 3. The van der Waals surface area contributed by atoms with E-state index in [1.807, 2.05) is 12.3 Å². The molecular weight excluding hydrogens is 439 g/mol. The summed E-state index contributed by atoms with van der Waals surface area (Å²) in [6, 6.07) is 5.64. The summed E-state index contributed by atoms with van der Waals surface area (Å²) in [5.74, 6) is -0.625. The number of nitrogens with one attached hydrogen (secondary N) is 1. The van der Waals surface area contributed by atoms with Gasteiger partial charge in [0.2, 0.25) is 5.91 Å². The third-order valence-electron chi connectivity index (χ3n) is 5.03. The maximum atomic E-state index is 13.4. The standard InChI is InChI=1S/C21H21FN4O3S2/c1-2-3-9-26-19(28)17-15(13-4-6-14(22)7-5-13)11-30-18(17)24-21(26)31-12-16(27)25-10-8-23-20(25)29/h4-7,11H,2-3,8-10,12H2,1H3,(H,23,29). The molecule has 1 N–H and O–H groups in total. The van der Waals surface area contributed by atoms with E-state index in [2.05, 4.69) is 10.3 Å². The summed E-state index contributed by atoms with van der Waals surface area (Å²) in [6.45, 7) is 3.31. The van der Waals surface area contributed by atoms with E-state index in [9.17, 15) is 18.8 Å². The Kier molecular flexibility index (Phi) is 6.38. The molecule has 3 aromatic rings. The summed E-state index contributed by atoms with van der Waals surface area (Å²) in [4.78, 5) is 44.0. The Morgan fingerprint density at radius 1 is 1.29 bits per heavy atom. The third kappa shape index (κ3) is 4.35. The van der Waals surface area contributed by atoms with E-state index in [-0.39, 0.29) is 29.1 Å². The van der Waals surface area contributed by atoms with Gasteiger partial charge in [-0.2, -0.15) is 0 Å². The first kappa shape index (κ1) is 21.5. The van der Waals surface area contributed by atoms with Gasteiger partial charge >= 0.3 is 6.03 Å². The monoisotopic (exact) mass is 460 g/mol. The van der Waals surface area contributed by atoms with E-state index in [0.29, 0.717) is 35.0 Å². The fraction of sp³-hybridized carbons (Fsp3) is 0.333. The van der Waals surface area contributed by atoms with Crippen LogP contribution in [-0.2, 0) is 11.3 Å². The Morgan fingerprint density at radius 3 is 2.74 bits per heavy atom. The van der Waals surface area contributed by atoms with Crippen LogP contribution in [0.5, 0.6) is 0 Å². The summed E-state index contributed by atoms with van der Waals surface area (Å²) in [7, 11) is 0. The molecule has 1 aromatic carbocycles. The number of urea groups is 1. The summed E-state index contributed by atoms with van der Waals surface area (Å²) in [5.41, 5.74) is 1.31. The normalized spacial score (nSPS) is 13.7. The second-order valence-corrected chi connectivity index (χ2v) is 8.91. The van der Waals surface area contributed by atoms with E-state index >= 15 is 0 Å². The molecule has 0 bridgehead atoms. The van der Waals surface area contributed by atoms with Crippen molar-refractivity contribution in [1.29, 1.82) is 0 Å². The van der Waals surface area contributed by atoms with Crippen molar-refractivity contribution in [1.82, 2.24) is 19.8 Å². The fourth-order valence-electron chi connectivity index (χ4n) is 3.38. The maximum absolute atomic E-state index is 13.4. The summed E-state index contributed by atoms with van der Waals surface area (Å²) < 4.78 is 14.9. The van der Waals surface area contributed by atoms with Gasteiger partial charge in [0.25, 0.3) is 5.56 Å². The van der Waals surface area contributed by atoms with Crippen molar-refractivity contribution in [3.63, 3.8) is 0 Å². The van der Waals surface area contributed by atoms with Gasteiger partial charge in [0.05, 0.1) is 11.1 Å². The summed E-state index contributed by atoms with van der Waals surface area (Å²) >= 11 is 2.51. The zero-order chi connectivity index (χ0) is 22.0. The van der Waals surface area contributed by atoms with Gasteiger partial charge in [-0.1, -0.05) is 37.2 Å². The number of hydrogen-bond donors (Lipinski definition) is 1. The Bertz CT molecular complexity index is 1190. The fourth-order valence-corrected chi connectivity index (χ4v) is 5.27. The van der Waals surface area contributed by atoms with Crippen LogP contribution in [0.4, 0.5) is 9.18 Å². The van der Waals surface area contributed by atoms with Crippen molar-refractivity contribution in [3.8, 4) is 11.1 Å². The smallest absolute Gasteiger partial charge is 0.324 e. The minimum Gasteiger partial charge on any atom is -0.336 e. The van der Waals surface area contributed by atoms with Gasteiger partial charge in [-0.25, -0.2) is 14.2 Å². The molecule has 7 nitrogen and oxygen atoms in total. The number of halogens is 1. The van der Waals surface area contributed by atoms with Crippen LogP contribution in [0.25, 0.3) is 21.3 Å². The number of rotatable bonds is 7. The number of benzene rings is 1. The number of unbranched alkanes of at least 4 members (excludes halogenated alkanes) is 1. The van der Waals surface area contributed by atoms with Crippen LogP contribution in [0.15, 0.2) is 39.6 Å². The summed E-state index contributed by atoms with van der Waals surface area (Å²) in [5, 5.41) is 5.43. The van der Waals surface area contributed by atoms with E-state index in [1.54, 1.807) is 16.7 Å². The van der Waals surface area contributed by atoms with E-state index in [0.717, 1.165) is 24.0 Å². The third-order valence-corrected chi connectivity index (χ3v) is 6.87. The predicted octanol–water partition coefficient (Wildman–Crippen LogP) is 3.71. The number of hydrogen-bond acceptors (Lipinski definition) is 6. The quantitative estimate of drug-likeness (QED) is 0.429. The molecule has 31 heavy (non-hydrogen) atoms. The molecule has 1 aliphatic heterocycles. The molecular formula is C21H21FN4O3S2. The Labute approximate surface area is 186 Å². The van der Waals surface area contributed by atoms with Crippen molar-refractivity contribution in [2.75, 3.05) is 18.8 Å². The average Bonchev–Trinajstić information content (AvgIpc) is 3.38. The number of thioether (sulfide) groups is 1. The van der Waals surface area contributed by atoms with Crippen molar-refractivity contribution in [2.45, 2.75) is 31.5 Å². The van der Waals surface area contributed by atoms with Crippen LogP contribution < -0.4 is 10.9 Å². The Morgan fingerprint density at radius 2 is 2.06 bits per heavy atom. The van der Waals surface area contributed by atoms with E-state index in [1.165, 1.54) is 40.1 Å². The largest absolute Gasteiger partial charge is 0.336 e. The Hall–Kier alpha value is -2.72. The van der Waals surface area contributed by atoms with Crippen LogP contribution >= 0.6 is 23.1 Å². The molecule has 0 unspecified atom stereocenters. The second-order valence-electron chi connectivity index (χ2n) is 7.11. The molecule has 0 spiro atoms. The van der Waals surface area contributed by atoms with Crippen molar-refractivity contribution >= 4 is 45.3 Å². The molecule has 0 atom stereocenters. The van der Waals surface area contributed by atoms with E-state index < -0.39 is 0 Å². The van der Waals surface area contributed by atoms with Crippen LogP contribution in [0.3, 0.4) is 0 Å². The zero-order valence-corrected chi connectivity index (χ0v) is 18.5. The Balaban J connectivity index is 1.70. The lowest BCUT2D eigenvalue weighted by Gasteiger charge is -2.14. The minimum atomic E-state index is -0.389. The van der Waals surface area contributed by atoms with Gasteiger partial charge in [-0.3, -0.25) is 19.1 Å².